The molecule has 1 aliphatic heterocycles. The van der Waals surface area contributed by atoms with Crippen LogP contribution in [-0.2, 0) is 4.74 Å². The molecule has 0 atom stereocenters. The van der Waals surface area contributed by atoms with Crippen molar-refractivity contribution in [2.24, 2.45) is 0 Å². The van der Waals surface area contributed by atoms with Gasteiger partial charge in [0.15, 0.2) is 0 Å². The van der Waals surface area contributed by atoms with Gasteiger partial charge in [-0.05, 0) is 60.2 Å². The standard InChI is InChI=1S/C27H23FN6O2/c28-21-4-2-19(3-5-21)25-26(32-36-27(25)34-13-1-11-30-34)20-10-12-29-24(18-20)31-22-6-8-23(9-7-22)33-14-16-35-17-15-33/h1-13,18H,14-17H2,(H,29,31). The molecule has 0 saturated carbocycles. The average molecular weight is 483 g/mol. The molecule has 1 N–H and O–H groups in total. The number of hydrogen-bond donors (Lipinski definition) is 1. The molecule has 180 valence electrons. The largest absolute Gasteiger partial charge is 0.378 e. The fourth-order valence-electron chi connectivity index (χ4n) is 4.27. The van der Waals surface area contributed by atoms with E-state index in [4.69, 9.17) is 9.26 Å². The highest BCUT2D eigenvalue weighted by molar-refractivity contribution is 5.85. The minimum Gasteiger partial charge on any atom is -0.378 e. The zero-order valence-electron chi connectivity index (χ0n) is 19.3. The van der Waals surface area contributed by atoms with Gasteiger partial charge in [0.1, 0.15) is 17.3 Å². The number of anilines is 3. The molecule has 0 radical (unpaired) electrons. The molecule has 0 unspecified atom stereocenters. The van der Waals surface area contributed by atoms with Crippen LogP contribution in [0.2, 0.25) is 0 Å². The van der Waals surface area contributed by atoms with Crippen molar-refractivity contribution in [3.63, 3.8) is 0 Å². The summed E-state index contributed by atoms with van der Waals surface area (Å²) in [6, 6.07) is 20.1. The molecule has 0 bridgehead atoms. The maximum atomic E-state index is 13.6. The number of hydrogen-bond acceptors (Lipinski definition) is 7. The Morgan fingerprint density at radius 2 is 1.69 bits per heavy atom. The molecule has 1 aliphatic rings. The Kier molecular flexibility index (Phi) is 5.88. The first-order valence-corrected chi connectivity index (χ1v) is 11.7. The van der Waals surface area contributed by atoms with E-state index in [0.717, 1.165) is 43.1 Å². The maximum absolute atomic E-state index is 13.6. The van der Waals surface area contributed by atoms with Crippen LogP contribution < -0.4 is 10.2 Å². The van der Waals surface area contributed by atoms with E-state index in [1.165, 1.54) is 17.8 Å². The molecular formula is C27H23FN6O2. The van der Waals surface area contributed by atoms with Gasteiger partial charge in [-0.25, -0.2) is 14.1 Å². The predicted molar refractivity (Wildman–Crippen MR) is 135 cm³/mol. The van der Waals surface area contributed by atoms with Crippen molar-refractivity contribution in [3.8, 4) is 28.3 Å². The summed E-state index contributed by atoms with van der Waals surface area (Å²) in [6.07, 6.45) is 5.16. The van der Waals surface area contributed by atoms with E-state index < -0.39 is 0 Å². The summed E-state index contributed by atoms with van der Waals surface area (Å²) in [7, 11) is 0. The molecule has 8 nitrogen and oxygen atoms in total. The number of benzene rings is 2. The van der Waals surface area contributed by atoms with Gasteiger partial charge < -0.3 is 19.5 Å². The summed E-state index contributed by atoms with van der Waals surface area (Å²) in [5.41, 5.74) is 4.99. The second kappa shape index (κ2) is 9.63. The van der Waals surface area contributed by atoms with Crippen LogP contribution in [0, 0.1) is 5.82 Å². The van der Waals surface area contributed by atoms with E-state index in [9.17, 15) is 4.39 Å². The summed E-state index contributed by atoms with van der Waals surface area (Å²) in [4.78, 5) is 6.79. The van der Waals surface area contributed by atoms with Gasteiger partial charge in [-0.3, -0.25) is 0 Å². The van der Waals surface area contributed by atoms with Crippen LogP contribution in [0.3, 0.4) is 0 Å². The Labute approximate surface area is 206 Å². The SMILES string of the molecule is Fc1ccc(-c2c(-c3ccnc(Nc4ccc(N5CCOCC5)cc4)c3)noc2-n2cccn2)cc1. The highest BCUT2D eigenvalue weighted by Crippen LogP contribution is 2.37. The molecule has 0 amide bonds. The molecule has 0 spiro atoms. The molecule has 36 heavy (non-hydrogen) atoms. The van der Waals surface area contributed by atoms with Gasteiger partial charge in [0.25, 0.3) is 5.88 Å². The van der Waals surface area contributed by atoms with Crippen LogP contribution in [0.1, 0.15) is 0 Å². The summed E-state index contributed by atoms with van der Waals surface area (Å²) in [5, 5.41) is 12.0. The fourth-order valence-corrected chi connectivity index (χ4v) is 4.27. The molecule has 9 heteroatoms. The van der Waals surface area contributed by atoms with Crippen LogP contribution in [0.25, 0.3) is 28.3 Å². The zero-order chi connectivity index (χ0) is 24.3. The highest BCUT2D eigenvalue weighted by Gasteiger charge is 2.22. The van der Waals surface area contributed by atoms with Crippen molar-refractivity contribution in [2.45, 2.75) is 0 Å². The topological polar surface area (TPSA) is 81.2 Å². The normalized spacial score (nSPS) is 13.6. The molecule has 1 saturated heterocycles. The first kappa shape index (κ1) is 22.0. The summed E-state index contributed by atoms with van der Waals surface area (Å²) in [5.74, 6) is 0.805. The van der Waals surface area contributed by atoms with E-state index in [1.54, 1.807) is 41.5 Å². The number of halogens is 1. The Bertz CT molecular complexity index is 1440. The molecule has 0 aliphatic carbocycles. The first-order chi connectivity index (χ1) is 17.7. The van der Waals surface area contributed by atoms with Crippen LogP contribution >= 0.6 is 0 Å². The predicted octanol–water partition coefficient (Wildman–Crippen LogP) is 5.31. The van der Waals surface area contributed by atoms with Crippen LogP contribution in [0.4, 0.5) is 21.6 Å². The van der Waals surface area contributed by atoms with Gasteiger partial charge in [0.05, 0.1) is 18.8 Å². The lowest BCUT2D eigenvalue weighted by Crippen LogP contribution is -2.36. The third-order valence-corrected chi connectivity index (χ3v) is 6.07. The summed E-state index contributed by atoms with van der Waals surface area (Å²) >= 11 is 0. The molecule has 2 aromatic carbocycles. The Hall–Kier alpha value is -4.50. The van der Waals surface area contributed by atoms with E-state index >= 15 is 0 Å². The second-order valence-corrected chi connectivity index (χ2v) is 8.37. The van der Waals surface area contributed by atoms with E-state index in [1.807, 2.05) is 24.3 Å². The number of pyridine rings is 1. The number of nitrogens with one attached hydrogen (secondary N) is 1. The highest BCUT2D eigenvalue weighted by atomic mass is 19.1. The van der Waals surface area contributed by atoms with E-state index in [0.29, 0.717) is 23.0 Å². The van der Waals surface area contributed by atoms with Crippen molar-refractivity contribution in [2.75, 3.05) is 36.5 Å². The van der Waals surface area contributed by atoms with Gasteiger partial charge in [0, 0.05) is 48.6 Å². The minimum atomic E-state index is -0.313. The van der Waals surface area contributed by atoms with E-state index in [-0.39, 0.29) is 5.82 Å². The zero-order valence-corrected chi connectivity index (χ0v) is 19.3. The van der Waals surface area contributed by atoms with Crippen molar-refractivity contribution in [3.05, 3.63) is 91.1 Å². The molecule has 6 rings (SSSR count). The third kappa shape index (κ3) is 4.44. The van der Waals surface area contributed by atoms with Crippen molar-refractivity contribution in [1.82, 2.24) is 19.9 Å². The molecular weight excluding hydrogens is 459 g/mol. The van der Waals surface area contributed by atoms with E-state index in [2.05, 4.69) is 37.6 Å². The molecule has 3 aromatic heterocycles. The molecule has 4 heterocycles. The Morgan fingerprint density at radius 1 is 0.889 bits per heavy atom. The van der Waals surface area contributed by atoms with Crippen molar-refractivity contribution in [1.29, 1.82) is 0 Å². The van der Waals surface area contributed by atoms with Gasteiger partial charge in [0.2, 0.25) is 0 Å². The average Bonchev–Trinajstić information content (AvgIpc) is 3.61. The molecule has 1 fully saturated rings. The Morgan fingerprint density at radius 3 is 2.44 bits per heavy atom. The monoisotopic (exact) mass is 482 g/mol. The summed E-state index contributed by atoms with van der Waals surface area (Å²) in [6.45, 7) is 3.29. The number of rotatable bonds is 6. The lowest BCUT2D eigenvalue weighted by atomic mass is 10.0. The Balaban J connectivity index is 1.31. The van der Waals surface area contributed by atoms with Crippen molar-refractivity contribution < 1.29 is 13.7 Å². The van der Waals surface area contributed by atoms with Crippen LogP contribution in [0.5, 0.6) is 0 Å². The van der Waals surface area contributed by atoms with Gasteiger partial charge in [-0.15, -0.1) is 0 Å². The quantitative estimate of drug-likeness (QED) is 0.351. The van der Waals surface area contributed by atoms with Crippen LogP contribution in [0.15, 0.2) is 89.8 Å². The lowest BCUT2D eigenvalue weighted by molar-refractivity contribution is 0.122. The van der Waals surface area contributed by atoms with Gasteiger partial charge in [-0.2, -0.15) is 5.10 Å². The first-order valence-electron chi connectivity index (χ1n) is 11.7. The summed E-state index contributed by atoms with van der Waals surface area (Å²) < 4.78 is 26.4. The lowest BCUT2D eigenvalue weighted by Gasteiger charge is -2.28. The van der Waals surface area contributed by atoms with Crippen LogP contribution in [-0.4, -0.2) is 46.2 Å². The fraction of sp³-hybridized carbons (Fsp3) is 0.148. The van der Waals surface area contributed by atoms with Gasteiger partial charge >= 0.3 is 0 Å². The number of morpholine rings is 1. The molecule has 5 aromatic rings. The number of nitrogens with zero attached hydrogens (tertiary/aromatic N) is 5. The number of ether oxygens (including phenoxy) is 1. The van der Waals surface area contributed by atoms with Crippen molar-refractivity contribution >= 4 is 17.2 Å². The second-order valence-electron chi connectivity index (χ2n) is 8.37. The maximum Gasteiger partial charge on any atom is 0.260 e. The minimum absolute atomic E-state index is 0.313. The van der Waals surface area contributed by atoms with Gasteiger partial charge in [-0.1, -0.05) is 17.3 Å². The smallest absolute Gasteiger partial charge is 0.260 e. The number of aromatic nitrogens is 4. The third-order valence-electron chi connectivity index (χ3n) is 6.07.